The van der Waals surface area contributed by atoms with E-state index >= 15 is 0 Å². The molecule has 0 aliphatic rings. The summed E-state index contributed by atoms with van der Waals surface area (Å²) in [5.74, 6) is 0. The molecule has 0 aliphatic carbocycles. The first-order valence-electron chi connectivity index (χ1n) is 8.72. The molecule has 0 aliphatic heterocycles. The van der Waals surface area contributed by atoms with Gasteiger partial charge in [-0.05, 0) is 34.4 Å². The Hall–Kier alpha value is -2.26. The summed E-state index contributed by atoms with van der Waals surface area (Å²) < 4.78 is 0. The van der Waals surface area contributed by atoms with Crippen molar-refractivity contribution in [2.45, 2.75) is 0 Å². The van der Waals surface area contributed by atoms with Gasteiger partial charge in [-0.2, -0.15) is 0 Å². The molecular weight excluding hydrogens is 350 g/mol. The third-order valence-corrected chi connectivity index (χ3v) is 7.90. The van der Waals surface area contributed by atoms with Crippen LogP contribution in [0.3, 0.4) is 0 Å². The molecule has 0 aromatic heterocycles. The fourth-order valence-corrected chi connectivity index (χ4v) is 6.29. The van der Waals surface area contributed by atoms with Gasteiger partial charge in [-0.3, -0.25) is 0 Å². The van der Waals surface area contributed by atoms with Gasteiger partial charge in [0.15, 0.2) is 0 Å². The van der Waals surface area contributed by atoms with Gasteiger partial charge in [0.05, 0.1) is 0 Å². The molecule has 4 aromatic carbocycles. The molecule has 0 N–H and O–H groups in total. The summed E-state index contributed by atoms with van der Waals surface area (Å²) in [6.45, 7) is 0. The number of hydrogen-bond donors (Lipinski definition) is 0. The Morgan fingerprint density at radius 2 is 0.769 bits per heavy atom. The Morgan fingerprint density at radius 1 is 0.385 bits per heavy atom. The van der Waals surface area contributed by atoms with Crippen LogP contribution < -0.4 is 26.5 Å². The molecule has 0 bridgehead atoms. The van der Waals surface area contributed by atoms with Crippen molar-refractivity contribution < 1.29 is 0 Å². The molecule has 126 valence electrons. The number of benzene rings is 4. The predicted molar refractivity (Wildman–Crippen MR) is 119 cm³/mol. The second-order valence-electron chi connectivity index (χ2n) is 6.04. The lowest BCUT2D eigenvalue weighted by atomic mass is 10.3. The van der Waals surface area contributed by atoms with E-state index in [4.69, 9.17) is 0 Å². The second-order valence-corrected chi connectivity index (χ2v) is 9.67. The molecular formula is C24H20P2. The molecule has 2 heteroatoms. The van der Waals surface area contributed by atoms with Gasteiger partial charge in [0, 0.05) is 0 Å². The lowest BCUT2D eigenvalue weighted by Crippen LogP contribution is -2.21. The Morgan fingerprint density at radius 3 is 1.27 bits per heavy atom. The summed E-state index contributed by atoms with van der Waals surface area (Å²) in [5.41, 5.74) is 0. The van der Waals surface area contributed by atoms with Gasteiger partial charge in [0.25, 0.3) is 0 Å². The van der Waals surface area contributed by atoms with E-state index in [9.17, 15) is 0 Å². The molecule has 4 rings (SSSR count). The minimum Gasteiger partial charge on any atom is -0.0622 e. The maximum absolute atomic E-state index is 2.32. The predicted octanol–water partition coefficient (Wildman–Crippen LogP) is 4.07. The zero-order valence-electron chi connectivity index (χ0n) is 14.4. The minimum atomic E-state index is -0.515. The van der Waals surface area contributed by atoms with E-state index in [1.165, 1.54) is 26.5 Å². The van der Waals surface area contributed by atoms with Gasteiger partial charge in [-0.25, -0.2) is 0 Å². The SMILES string of the molecule is c1ccc(Pc2ccc(P(c3ccccc3)c3ccccc3)cc2)cc1. The summed E-state index contributed by atoms with van der Waals surface area (Å²) >= 11 is 0. The highest BCUT2D eigenvalue weighted by Gasteiger charge is 2.15. The molecule has 0 saturated heterocycles. The molecule has 0 heterocycles. The van der Waals surface area contributed by atoms with Gasteiger partial charge in [-0.15, -0.1) is 0 Å². The summed E-state index contributed by atoms with van der Waals surface area (Å²) in [4.78, 5) is 0. The quantitative estimate of drug-likeness (QED) is 0.465. The van der Waals surface area contributed by atoms with Crippen LogP contribution in [0, 0.1) is 0 Å². The summed E-state index contributed by atoms with van der Waals surface area (Å²) in [5, 5.41) is 6.96. The van der Waals surface area contributed by atoms with Crippen molar-refractivity contribution in [1.82, 2.24) is 0 Å². The molecule has 0 radical (unpaired) electrons. The van der Waals surface area contributed by atoms with Crippen LogP contribution in [0.1, 0.15) is 0 Å². The van der Waals surface area contributed by atoms with Gasteiger partial charge < -0.3 is 0 Å². The van der Waals surface area contributed by atoms with Crippen molar-refractivity contribution in [3.63, 3.8) is 0 Å². The molecule has 1 unspecified atom stereocenters. The van der Waals surface area contributed by atoms with E-state index in [0.29, 0.717) is 8.58 Å². The van der Waals surface area contributed by atoms with Gasteiger partial charge in [-0.1, -0.05) is 124 Å². The highest BCUT2D eigenvalue weighted by Crippen LogP contribution is 2.32. The summed E-state index contributed by atoms with van der Waals surface area (Å²) in [6.07, 6.45) is 0. The zero-order chi connectivity index (χ0) is 17.6. The Bertz CT molecular complexity index is 894. The topological polar surface area (TPSA) is 0 Å². The molecule has 0 spiro atoms. The van der Waals surface area contributed by atoms with Gasteiger partial charge in [0.1, 0.15) is 0 Å². The first-order chi connectivity index (χ1) is 12.9. The van der Waals surface area contributed by atoms with Crippen LogP contribution in [-0.4, -0.2) is 0 Å². The Balaban J connectivity index is 1.66. The zero-order valence-corrected chi connectivity index (χ0v) is 16.3. The normalized spacial score (nSPS) is 11.3. The highest BCUT2D eigenvalue weighted by atomic mass is 31.1. The van der Waals surface area contributed by atoms with Crippen molar-refractivity contribution >= 4 is 43.0 Å². The highest BCUT2D eigenvalue weighted by molar-refractivity contribution is 7.79. The average molecular weight is 370 g/mol. The van der Waals surface area contributed by atoms with Crippen molar-refractivity contribution in [1.29, 1.82) is 0 Å². The molecule has 0 nitrogen and oxygen atoms in total. The van der Waals surface area contributed by atoms with Gasteiger partial charge in [0.2, 0.25) is 0 Å². The Labute approximate surface area is 158 Å². The molecule has 1 atom stereocenters. The van der Waals surface area contributed by atoms with Crippen LogP contribution in [0.15, 0.2) is 115 Å². The van der Waals surface area contributed by atoms with Gasteiger partial charge >= 0.3 is 0 Å². The maximum atomic E-state index is 2.32. The maximum Gasteiger partial charge on any atom is -0.0134 e. The van der Waals surface area contributed by atoms with Crippen LogP contribution in [0.4, 0.5) is 0 Å². The third-order valence-electron chi connectivity index (χ3n) is 4.22. The lowest BCUT2D eigenvalue weighted by molar-refractivity contribution is 1.75. The van der Waals surface area contributed by atoms with Crippen LogP contribution >= 0.6 is 16.5 Å². The monoisotopic (exact) mass is 370 g/mol. The molecule has 26 heavy (non-hydrogen) atoms. The largest absolute Gasteiger partial charge is 0.0622 e. The van der Waals surface area contributed by atoms with Crippen LogP contribution in [-0.2, 0) is 0 Å². The molecule has 0 amide bonds. The van der Waals surface area contributed by atoms with Crippen LogP contribution in [0.25, 0.3) is 0 Å². The van der Waals surface area contributed by atoms with Crippen molar-refractivity contribution in [3.05, 3.63) is 115 Å². The first kappa shape index (κ1) is 17.2. The lowest BCUT2D eigenvalue weighted by Gasteiger charge is -2.19. The first-order valence-corrected chi connectivity index (χ1v) is 11.1. The fourth-order valence-electron chi connectivity index (χ4n) is 2.98. The fraction of sp³-hybridized carbons (Fsp3) is 0. The second kappa shape index (κ2) is 8.41. The molecule has 0 saturated carbocycles. The van der Waals surface area contributed by atoms with E-state index in [1.807, 2.05) is 0 Å². The van der Waals surface area contributed by atoms with Crippen molar-refractivity contribution in [2.75, 3.05) is 0 Å². The van der Waals surface area contributed by atoms with E-state index in [0.717, 1.165) is 0 Å². The smallest absolute Gasteiger partial charge is 0.0134 e. The van der Waals surface area contributed by atoms with E-state index < -0.39 is 7.92 Å². The number of rotatable bonds is 5. The summed E-state index contributed by atoms with van der Waals surface area (Å²) in [6, 6.07) is 41.6. The third kappa shape index (κ3) is 4.10. The number of hydrogen-bond acceptors (Lipinski definition) is 0. The van der Waals surface area contributed by atoms with E-state index in [-0.39, 0.29) is 0 Å². The van der Waals surface area contributed by atoms with Crippen molar-refractivity contribution in [2.24, 2.45) is 0 Å². The average Bonchev–Trinajstić information content (AvgIpc) is 2.72. The minimum absolute atomic E-state index is 0.515. The van der Waals surface area contributed by atoms with Crippen LogP contribution in [0.2, 0.25) is 0 Å². The standard InChI is InChI=1S/C24H20P2/c1-4-10-20(11-5-1)25-21-16-18-24(19-17-21)26(22-12-6-2-7-13-22)23-14-8-3-9-15-23/h1-19,25H. The van der Waals surface area contributed by atoms with Crippen LogP contribution in [0.5, 0.6) is 0 Å². The van der Waals surface area contributed by atoms with E-state index in [2.05, 4.69) is 115 Å². The molecule has 0 fully saturated rings. The molecule has 4 aromatic rings. The Kier molecular flexibility index (Phi) is 5.56. The summed E-state index contributed by atoms with van der Waals surface area (Å²) in [7, 11) is 0.192. The van der Waals surface area contributed by atoms with Crippen molar-refractivity contribution in [3.8, 4) is 0 Å². The van der Waals surface area contributed by atoms with E-state index in [1.54, 1.807) is 0 Å².